The normalized spacial score (nSPS) is 14.9. The van der Waals surface area contributed by atoms with Crippen LogP contribution in [0.4, 0.5) is 14.5 Å². The van der Waals surface area contributed by atoms with Crippen LogP contribution in [0.3, 0.4) is 0 Å². The molecule has 2 N–H and O–H groups in total. The average molecular weight is 398 g/mol. The van der Waals surface area contributed by atoms with E-state index in [4.69, 9.17) is 0 Å². The highest BCUT2D eigenvalue weighted by atomic mass is 19.1. The molecule has 4 rings (SSSR count). The first kappa shape index (κ1) is 19.1. The molecule has 0 saturated carbocycles. The Labute approximate surface area is 166 Å². The molecule has 1 aliphatic rings. The van der Waals surface area contributed by atoms with Crippen LogP contribution in [0.2, 0.25) is 0 Å². The lowest BCUT2D eigenvalue weighted by atomic mass is 10.2. The van der Waals surface area contributed by atoms with Gasteiger partial charge in [-0.1, -0.05) is 0 Å². The summed E-state index contributed by atoms with van der Waals surface area (Å²) in [5, 5.41) is 3.39. The third kappa shape index (κ3) is 4.43. The number of aromatic amines is 1. The van der Waals surface area contributed by atoms with Gasteiger partial charge in [0.05, 0.1) is 6.54 Å². The number of H-pyrrole nitrogens is 1. The summed E-state index contributed by atoms with van der Waals surface area (Å²) in [6.45, 7) is 2.32. The quantitative estimate of drug-likeness (QED) is 0.710. The van der Waals surface area contributed by atoms with Gasteiger partial charge >= 0.3 is 0 Å². The predicted octanol–water partition coefficient (Wildman–Crippen LogP) is 2.84. The van der Waals surface area contributed by atoms with Crippen LogP contribution in [-0.2, 0) is 4.79 Å². The largest absolute Gasteiger partial charge is 0.351 e. The van der Waals surface area contributed by atoms with Gasteiger partial charge < -0.3 is 15.2 Å². The van der Waals surface area contributed by atoms with Crippen LogP contribution >= 0.6 is 0 Å². The molecule has 1 aliphatic heterocycles. The summed E-state index contributed by atoms with van der Waals surface area (Å²) in [6, 6.07) is 11.6. The van der Waals surface area contributed by atoms with Crippen LogP contribution < -0.4 is 5.32 Å². The monoisotopic (exact) mass is 398 g/mol. The molecule has 6 nitrogen and oxygen atoms in total. The number of hydrogen-bond acceptors (Lipinski definition) is 3. The minimum absolute atomic E-state index is 0.142. The second kappa shape index (κ2) is 8.00. The number of piperazine rings is 1. The third-order valence-electron chi connectivity index (χ3n) is 4.97. The van der Waals surface area contributed by atoms with E-state index >= 15 is 0 Å². The van der Waals surface area contributed by atoms with E-state index in [1.165, 1.54) is 36.4 Å². The summed E-state index contributed by atoms with van der Waals surface area (Å²) in [6.07, 6.45) is 0. The molecule has 0 aliphatic carbocycles. The maximum atomic E-state index is 13.3. The highest BCUT2D eigenvalue weighted by molar-refractivity contribution is 5.98. The zero-order chi connectivity index (χ0) is 20.4. The number of nitrogens with one attached hydrogen (secondary N) is 2. The Morgan fingerprint density at radius 1 is 0.931 bits per heavy atom. The lowest BCUT2D eigenvalue weighted by Crippen LogP contribution is -2.50. The molecule has 3 aromatic rings. The molecule has 2 aromatic carbocycles. The number of nitrogens with zero attached hydrogens (tertiary/aromatic N) is 2. The summed E-state index contributed by atoms with van der Waals surface area (Å²) in [4.78, 5) is 31.6. The Balaban J connectivity index is 1.30. The van der Waals surface area contributed by atoms with E-state index in [0.717, 1.165) is 0 Å². The standard InChI is InChI=1S/C21H20F2N4O2/c22-15-1-4-17(5-2-15)24-20(28)13-26-7-9-27(10-8-26)21(29)19-12-14-11-16(23)3-6-18(14)25-19/h1-6,11-12,25H,7-10,13H2,(H,24,28). The van der Waals surface area contributed by atoms with Crippen molar-refractivity contribution >= 4 is 28.4 Å². The average Bonchev–Trinajstić information content (AvgIpc) is 3.13. The first-order chi connectivity index (χ1) is 14.0. The first-order valence-corrected chi connectivity index (χ1v) is 9.33. The van der Waals surface area contributed by atoms with E-state index in [9.17, 15) is 18.4 Å². The summed E-state index contributed by atoms with van der Waals surface area (Å²) >= 11 is 0. The number of carbonyl (C=O) groups excluding carboxylic acids is 2. The Morgan fingerprint density at radius 3 is 2.34 bits per heavy atom. The van der Waals surface area contributed by atoms with E-state index in [1.807, 2.05) is 4.90 Å². The molecule has 29 heavy (non-hydrogen) atoms. The van der Waals surface area contributed by atoms with Gasteiger partial charge in [-0.15, -0.1) is 0 Å². The van der Waals surface area contributed by atoms with Crippen molar-refractivity contribution in [2.75, 3.05) is 38.0 Å². The molecule has 0 atom stereocenters. The van der Waals surface area contributed by atoms with Crippen molar-refractivity contribution in [1.82, 2.24) is 14.8 Å². The van der Waals surface area contributed by atoms with Gasteiger partial charge in [0.1, 0.15) is 17.3 Å². The highest BCUT2D eigenvalue weighted by Gasteiger charge is 2.24. The molecular weight excluding hydrogens is 378 g/mol. The van der Waals surface area contributed by atoms with E-state index in [1.54, 1.807) is 17.0 Å². The topological polar surface area (TPSA) is 68.4 Å². The highest BCUT2D eigenvalue weighted by Crippen LogP contribution is 2.18. The molecule has 0 unspecified atom stereocenters. The number of halogens is 2. The van der Waals surface area contributed by atoms with Gasteiger partial charge in [-0.05, 0) is 48.5 Å². The van der Waals surface area contributed by atoms with Gasteiger partial charge in [-0.25, -0.2) is 8.78 Å². The number of rotatable bonds is 4. The van der Waals surface area contributed by atoms with Crippen LogP contribution in [-0.4, -0.2) is 59.3 Å². The van der Waals surface area contributed by atoms with E-state index < -0.39 is 0 Å². The van der Waals surface area contributed by atoms with Crippen LogP contribution in [0.5, 0.6) is 0 Å². The predicted molar refractivity (Wildman–Crippen MR) is 106 cm³/mol. The van der Waals surface area contributed by atoms with Gasteiger partial charge in [0.25, 0.3) is 5.91 Å². The molecule has 0 spiro atoms. The Hall–Kier alpha value is -3.26. The molecule has 1 fully saturated rings. The molecular formula is C21H20F2N4O2. The van der Waals surface area contributed by atoms with Gasteiger partial charge in [-0.2, -0.15) is 0 Å². The van der Waals surface area contributed by atoms with Crippen LogP contribution in [0, 0.1) is 11.6 Å². The zero-order valence-corrected chi connectivity index (χ0v) is 15.6. The lowest BCUT2D eigenvalue weighted by Gasteiger charge is -2.34. The zero-order valence-electron chi connectivity index (χ0n) is 15.6. The molecule has 0 radical (unpaired) electrons. The fourth-order valence-electron chi connectivity index (χ4n) is 3.43. The number of carbonyl (C=O) groups is 2. The molecule has 2 heterocycles. The van der Waals surface area contributed by atoms with Crippen molar-refractivity contribution in [1.29, 1.82) is 0 Å². The van der Waals surface area contributed by atoms with Crippen LogP contribution in [0.1, 0.15) is 10.5 Å². The molecule has 2 amide bonds. The molecule has 1 aromatic heterocycles. The number of anilines is 1. The smallest absolute Gasteiger partial charge is 0.270 e. The fraction of sp³-hybridized carbons (Fsp3) is 0.238. The SMILES string of the molecule is O=C(CN1CCN(C(=O)c2cc3cc(F)ccc3[nH]2)CC1)Nc1ccc(F)cc1. The Morgan fingerprint density at radius 2 is 1.62 bits per heavy atom. The van der Waals surface area contributed by atoms with Crippen molar-refractivity contribution in [3.05, 3.63) is 65.9 Å². The van der Waals surface area contributed by atoms with E-state index in [-0.39, 0.29) is 30.0 Å². The first-order valence-electron chi connectivity index (χ1n) is 9.33. The number of aromatic nitrogens is 1. The van der Waals surface area contributed by atoms with Gasteiger partial charge in [0.15, 0.2) is 0 Å². The lowest BCUT2D eigenvalue weighted by molar-refractivity contribution is -0.117. The van der Waals surface area contributed by atoms with Crippen molar-refractivity contribution in [3.8, 4) is 0 Å². The third-order valence-corrected chi connectivity index (χ3v) is 4.97. The van der Waals surface area contributed by atoms with E-state index in [0.29, 0.717) is 48.5 Å². The molecule has 8 heteroatoms. The number of benzene rings is 2. The van der Waals surface area contributed by atoms with Gasteiger partial charge in [0, 0.05) is 42.8 Å². The molecule has 0 bridgehead atoms. The minimum Gasteiger partial charge on any atom is -0.351 e. The summed E-state index contributed by atoms with van der Waals surface area (Å²) in [5.74, 6) is -1.03. The van der Waals surface area contributed by atoms with Gasteiger partial charge in [-0.3, -0.25) is 14.5 Å². The van der Waals surface area contributed by atoms with Crippen molar-refractivity contribution in [2.45, 2.75) is 0 Å². The Kier molecular flexibility index (Phi) is 5.26. The van der Waals surface area contributed by atoms with Crippen molar-refractivity contribution < 1.29 is 18.4 Å². The summed E-state index contributed by atoms with van der Waals surface area (Å²) in [5.41, 5.74) is 1.68. The fourth-order valence-corrected chi connectivity index (χ4v) is 3.43. The second-order valence-electron chi connectivity index (χ2n) is 7.04. The van der Waals surface area contributed by atoms with Crippen molar-refractivity contribution in [2.24, 2.45) is 0 Å². The number of amides is 2. The van der Waals surface area contributed by atoms with E-state index in [2.05, 4.69) is 10.3 Å². The van der Waals surface area contributed by atoms with Crippen molar-refractivity contribution in [3.63, 3.8) is 0 Å². The number of fused-ring (bicyclic) bond motifs is 1. The maximum absolute atomic E-state index is 13.3. The molecule has 1 saturated heterocycles. The summed E-state index contributed by atoms with van der Waals surface area (Å²) in [7, 11) is 0. The van der Waals surface area contributed by atoms with Gasteiger partial charge in [0.2, 0.25) is 5.91 Å². The summed E-state index contributed by atoms with van der Waals surface area (Å²) < 4.78 is 26.3. The minimum atomic E-state index is -0.358. The Bertz CT molecular complexity index is 1040. The van der Waals surface area contributed by atoms with Crippen LogP contribution in [0.25, 0.3) is 10.9 Å². The second-order valence-corrected chi connectivity index (χ2v) is 7.04. The maximum Gasteiger partial charge on any atom is 0.270 e. The number of hydrogen-bond donors (Lipinski definition) is 2. The molecule has 150 valence electrons. The van der Waals surface area contributed by atoms with Crippen LogP contribution in [0.15, 0.2) is 48.5 Å².